The summed E-state index contributed by atoms with van der Waals surface area (Å²) in [6, 6.07) is 21.5. The van der Waals surface area contributed by atoms with Crippen LogP contribution in [0.2, 0.25) is 0 Å². The fourth-order valence-electron chi connectivity index (χ4n) is 4.19. The molecule has 0 bridgehead atoms. The van der Waals surface area contributed by atoms with Gasteiger partial charge in [0.2, 0.25) is 0 Å². The zero-order chi connectivity index (χ0) is 24.1. The highest BCUT2D eigenvalue weighted by atomic mass is 19.1. The smallest absolute Gasteiger partial charge is 0.257 e. The Hall–Kier alpha value is -3.71. The molecule has 0 spiro atoms. The first kappa shape index (κ1) is 23.4. The maximum Gasteiger partial charge on any atom is 0.257 e. The van der Waals surface area contributed by atoms with E-state index in [1.165, 1.54) is 11.1 Å². The Kier molecular flexibility index (Phi) is 7.23. The molecule has 0 saturated heterocycles. The van der Waals surface area contributed by atoms with E-state index in [2.05, 4.69) is 5.10 Å². The third kappa shape index (κ3) is 5.10. The second kappa shape index (κ2) is 10.5. The van der Waals surface area contributed by atoms with Crippen LogP contribution in [0.25, 0.3) is 0 Å². The van der Waals surface area contributed by atoms with Gasteiger partial charge in [-0.05, 0) is 30.8 Å². The molecule has 0 saturated carbocycles. The van der Waals surface area contributed by atoms with E-state index in [-0.39, 0.29) is 18.3 Å². The van der Waals surface area contributed by atoms with Crippen LogP contribution in [0.3, 0.4) is 0 Å². The zero-order valence-electron chi connectivity index (χ0n) is 19.6. The average Bonchev–Trinajstić information content (AvgIpc) is 3.29. The summed E-state index contributed by atoms with van der Waals surface area (Å²) in [6.07, 6.45) is 0.373. The molecule has 3 aromatic rings. The Morgan fingerprint density at radius 1 is 1.06 bits per heavy atom. The second-order valence-corrected chi connectivity index (χ2v) is 8.25. The summed E-state index contributed by atoms with van der Waals surface area (Å²) in [5.74, 6) is 0.698. The molecule has 3 aromatic carbocycles. The lowest BCUT2D eigenvalue weighted by molar-refractivity contribution is -0.134. The monoisotopic (exact) mass is 461 g/mol. The number of rotatable bonds is 8. The summed E-state index contributed by atoms with van der Waals surface area (Å²) in [5, 5.41) is 6.07. The van der Waals surface area contributed by atoms with E-state index in [4.69, 9.17) is 9.47 Å². The van der Waals surface area contributed by atoms with Gasteiger partial charge in [0.05, 0.1) is 32.5 Å². The van der Waals surface area contributed by atoms with Crippen molar-refractivity contribution in [2.45, 2.75) is 19.0 Å². The maximum absolute atomic E-state index is 14.6. The number of hydrazone groups is 1. The van der Waals surface area contributed by atoms with Crippen molar-refractivity contribution in [1.29, 1.82) is 0 Å². The molecular formula is C27H28FN3O3. The van der Waals surface area contributed by atoms with Crippen LogP contribution in [0.5, 0.6) is 11.5 Å². The number of nitrogens with zero attached hydrogens (tertiary/aromatic N) is 3. The molecule has 1 atom stereocenters. The van der Waals surface area contributed by atoms with Crippen LogP contribution in [0.4, 0.5) is 4.39 Å². The lowest BCUT2D eigenvalue weighted by atomic mass is 9.97. The maximum atomic E-state index is 14.6. The van der Waals surface area contributed by atoms with Crippen LogP contribution >= 0.6 is 0 Å². The summed E-state index contributed by atoms with van der Waals surface area (Å²) in [6.45, 7) is 0.790. The molecular weight excluding hydrogens is 433 g/mol. The van der Waals surface area contributed by atoms with Gasteiger partial charge in [0, 0.05) is 30.2 Å². The van der Waals surface area contributed by atoms with Gasteiger partial charge in [0.25, 0.3) is 5.91 Å². The van der Waals surface area contributed by atoms with Gasteiger partial charge in [-0.25, -0.2) is 9.40 Å². The van der Waals surface area contributed by atoms with Crippen molar-refractivity contribution in [1.82, 2.24) is 9.91 Å². The molecule has 1 aliphatic heterocycles. The SMILES string of the molecule is COc1ccc(C2CC(c3ccccc3F)=NN2C(=O)CN(C)Cc2ccccc2)c(OC)c1. The highest BCUT2D eigenvalue weighted by Crippen LogP contribution is 2.39. The van der Waals surface area contributed by atoms with Gasteiger partial charge in [-0.3, -0.25) is 9.69 Å². The number of carbonyl (C=O) groups excluding carboxylic acids is 1. The van der Waals surface area contributed by atoms with E-state index in [1.54, 1.807) is 38.5 Å². The fourth-order valence-corrected chi connectivity index (χ4v) is 4.19. The summed E-state index contributed by atoms with van der Waals surface area (Å²) in [5.41, 5.74) is 2.83. The molecule has 0 aromatic heterocycles. The minimum atomic E-state index is -0.423. The standard InChI is InChI=1S/C27H28FN3O3/c1-30(17-19-9-5-4-6-10-19)18-27(32)31-25(22-14-13-20(33-2)15-26(22)34-3)16-24(29-31)21-11-7-8-12-23(21)28/h4-15,25H,16-18H2,1-3H3. The number of benzene rings is 3. The van der Waals surface area contributed by atoms with Crippen molar-refractivity contribution in [3.63, 3.8) is 0 Å². The van der Waals surface area contributed by atoms with Crippen LogP contribution in [0, 0.1) is 5.82 Å². The molecule has 1 heterocycles. The first-order chi connectivity index (χ1) is 16.5. The molecule has 176 valence electrons. The highest BCUT2D eigenvalue weighted by molar-refractivity contribution is 6.03. The minimum absolute atomic E-state index is 0.165. The van der Waals surface area contributed by atoms with Gasteiger partial charge < -0.3 is 9.47 Å². The predicted molar refractivity (Wildman–Crippen MR) is 129 cm³/mol. The lowest BCUT2D eigenvalue weighted by Crippen LogP contribution is -2.36. The second-order valence-electron chi connectivity index (χ2n) is 8.25. The molecule has 0 radical (unpaired) electrons. The van der Waals surface area contributed by atoms with Crippen molar-refractivity contribution in [3.05, 3.63) is 95.3 Å². The van der Waals surface area contributed by atoms with Crippen LogP contribution in [-0.2, 0) is 11.3 Å². The number of amides is 1. The topological polar surface area (TPSA) is 54.4 Å². The molecule has 6 nitrogen and oxygen atoms in total. The number of methoxy groups -OCH3 is 2. The molecule has 7 heteroatoms. The van der Waals surface area contributed by atoms with Gasteiger partial charge in [0.1, 0.15) is 17.3 Å². The van der Waals surface area contributed by atoms with Crippen LogP contribution in [0.1, 0.15) is 29.2 Å². The number of likely N-dealkylation sites (N-methyl/N-ethyl adjacent to an activating group) is 1. The molecule has 1 amide bonds. The van der Waals surface area contributed by atoms with Gasteiger partial charge >= 0.3 is 0 Å². The summed E-state index contributed by atoms with van der Waals surface area (Å²) in [4.78, 5) is 15.4. The number of carbonyl (C=O) groups is 1. The van der Waals surface area contributed by atoms with Crippen molar-refractivity contribution in [3.8, 4) is 11.5 Å². The Morgan fingerprint density at radius 2 is 1.79 bits per heavy atom. The Morgan fingerprint density at radius 3 is 2.50 bits per heavy atom. The van der Waals surface area contributed by atoms with Gasteiger partial charge in [-0.15, -0.1) is 0 Å². The van der Waals surface area contributed by atoms with E-state index < -0.39 is 6.04 Å². The number of halogens is 1. The predicted octanol–water partition coefficient (Wildman–Crippen LogP) is 4.65. The summed E-state index contributed by atoms with van der Waals surface area (Å²) < 4.78 is 25.5. The minimum Gasteiger partial charge on any atom is -0.497 e. The number of ether oxygens (including phenoxy) is 2. The third-order valence-corrected chi connectivity index (χ3v) is 5.85. The van der Waals surface area contributed by atoms with Gasteiger partial charge in [-0.2, -0.15) is 5.10 Å². The zero-order valence-corrected chi connectivity index (χ0v) is 19.6. The molecule has 34 heavy (non-hydrogen) atoms. The van der Waals surface area contributed by atoms with Crippen molar-refractivity contribution < 1.29 is 18.7 Å². The fraction of sp³-hybridized carbons (Fsp3) is 0.259. The Labute approximate surface area is 199 Å². The van der Waals surface area contributed by atoms with Crippen molar-refractivity contribution in [2.75, 3.05) is 27.8 Å². The largest absolute Gasteiger partial charge is 0.497 e. The summed E-state index contributed by atoms with van der Waals surface area (Å²) >= 11 is 0. The van der Waals surface area contributed by atoms with Crippen LogP contribution in [0.15, 0.2) is 77.9 Å². The van der Waals surface area contributed by atoms with Crippen LogP contribution in [-0.4, -0.2) is 49.3 Å². The quantitative estimate of drug-likeness (QED) is 0.490. The normalized spacial score (nSPS) is 15.4. The first-order valence-electron chi connectivity index (χ1n) is 11.1. The average molecular weight is 462 g/mol. The van der Waals surface area contributed by atoms with E-state index >= 15 is 0 Å². The molecule has 0 fully saturated rings. The first-order valence-corrected chi connectivity index (χ1v) is 11.1. The molecule has 1 unspecified atom stereocenters. The number of hydrogen-bond donors (Lipinski definition) is 0. The van der Waals surface area contributed by atoms with Crippen molar-refractivity contribution in [2.24, 2.45) is 5.10 Å². The van der Waals surface area contributed by atoms with Crippen LogP contribution < -0.4 is 9.47 Å². The van der Waals surface area contributed by atoms with Crippen molar-refractivity contribution >= 4 is 11.6 Å². The molecule has 0 N–H and O–H groups in total. The molecule has 4 rings (SSSR count). The lowest BCUT2D eigenvalue weighted by Gasteiger charge is -2.26. The van der Waals surface area contributed by atoms with Gasteiger partial charge in [0.15, 0.2) is 0 Å². The molecule has 0 aliphatic carbocycles. The third-order valence-electron chi connectivity index (χ3n) is 5.85. The van der Waals surface area contributed by atoms with E-state index in [1.807, 2.05) is 54.4 Å². The molecule has 1 aliphatic rings. The van der Waals surface area contributed by atoms with E-state index in [9.17, 15) is 9.18 Å². The Balaban J connectivity index is 1.63. The van der Waals surface area contributed by atoms with E-state index in [0.29, 0.717) is 35.7 Å². The Bertz CT molecular complexity index is 1180. The highest BCUT2D eigenvalue weighted by Gasteiger charge is 2.35. The summed E-state index contributed by atoms with van der Waals surface area (Å²) in [7, 11) is 5.05. The van der Waals surface area contributed by atoms with E-state index in [0.717, 1.165) is 11.1 Å². The van der Waals surface area contributed by atoms with Gasteiger partial charge in [-0.1, -0.05) is 48.5 Å². The number of hydrogen-bond acceptors (Lipinski definition) is 5.